The third kappa shape index (κ3) is 6.52. The van der Waals surface area contributed by atoms with E-state index in [1.807, 2.05) is 35.2 Å². The Balaban J connectivity index is 1.53. The minimum absolute atomic E-state index is 0.00177. The summed E-state index contributed by atoms with van der Waals surface area (Å²) in [6.07, 6.45) is 1.67. The molecule has 0 aromatic heterocycles. The van der Waals surface area contributed by atoms with E-state index in [0.29, 0.717) is 32.2 Å². The molecule has 0 aliphatic carbocycles. The summed E-state index contributed by atoms with van der Waals surface area (Å²) < 4.78 is 5.62. The number of ether oxygens (including phenoxy) is 1. The first kappa shape index (κ1) is 21.7. The van der Waals surface area contributed by atoms with Crippen LogP contribution in [0, 0.1) is 5.92 Å². The van der Waals surface area contributed by atoms with Crippen molar-refractivity contribution in [1.82, 2.24) is 14.7 Å². The maximum atomic E-state index is 12.7. The zero-order chi connectivity index (χ0) is 20.6. The van der Waals surface area contributed by atoms with E-state index < -0.39 is 5.97 Å². The van der Waals surface area contributed by atoms with Crippen molar-refractivity contribution >= 4 is 11.9 Å². The zero-order valence-electron chi connectivity index (χ0n) is 17.3. The molecule has 0 radical (unpaired) electrons. The quantitative estimate of drug-likeness (QED) is 0.710. The molecule has 0 saturated carbocycles. The molecule has 1 aromatic carbocycles. The van der Waals surface area contributed by atoms with Gasteiger partial charge in [-0.05, 0) is 31.4 Å². The van der Waals surface area contributed by atoms with Gasteiger partial charge in [0.05, 0.1) is 6.61 Å². The van der Waals surface area contributed by atoms with Crippen molar-refractivity contribution in [2.45, 2.75) is 31.9 Å². The summed E-state index contributed by atoms with van der Waals surface area (Å²) in [6.45, 7) is 5.94. The van der Waals surface area contributed by atoms with Crippen LogP contribution in [-0.4, -0.2) is 90.6 Å². The van der Waals surface area contributed by atoms with Crippen LogP contribution in [0.3, 0.4) is 0 Å². The number of hydrogen-bond donors (Lipinski definition) is 1. The van der Waals surface area contributed by atoms with Gasteiger partial charge in [0.15, 0.2) is 0 Å². The molecule has 3 rings (SSSR count). The molecule has 2 saturated heterocycles. The van der Waals surface area contributed by atoms with Crippen LogP contribution in [0.1, 0.15) is 24.8 Å². The first-order valence-electron chi connectivity index (χ1n) is 10.6. The second-order valence-corrected chi connectivity index (χ2v) is 8.21. The fourth-order valence-electron chi connectivity index (χ4n) is 4.39. The molecule has 29 heavy (non-hydrogen) atoms. The van der Waals surface area contributed by atoms with Gasteiger partial charge in [-0.3, -0.25) is 14.5 Å². The summed E-state index contributed by atoms with van der Waals surface area (Å²) in [5.41, 5.74) is 1.05. The van der Waals surface area contributed by atoms with Gasteiger partial charge in [-0.15, -0.1) is 0 Å². The third-order valence-corrected chi connectivity index (χ3v) is 6.12. The molecule has 2 fully saturated rings. The molecule has 7 heteroatoms. The number of benzene rings is 1. The van der Waals surface area contributed by atoms with Crippen LogP contribution in [0.4, 0.5) is 0 Å². The molecule has 2 aliphatic rings. The molecule has 2 aliphatic heterocycles. The lowest BCUT2D eigenvalue weighted by molar-refractivity contribution is -0.140. The summed E-state index contributed by atoms with van der Waals surface area (Å²) in [7, 11) is 2.13. The zero-order valence-corrected chi connectivity index (χ0v) is 17.3. The van der Waals surface area contributed by atoms with Crippen molar-refractivity contribution in [1.29, 1.82) is 0 Å². The minimum atomic E-state index is -0.767. The van der Waals surface area contributed by atoms with Crippen LogP contribution in [0.25, 0.3) is 0 Å². The number of carbonyl (C=O) groups excluding carboxylic acids is 1. The average molecular weight is 404 g/mol. The summed E-state index contributed by atoms with van der Waals surface area (Å²) in [5, 5.41) is 9.15. The van der Waals surface area contributed by atoms with E-state index >= 15 is 0 Å². The smallest absolute Gasteiger partial charge is 0.303 e. The van der Waals surface area contributed by atoms with Crippen LogP contribution >= 0.6 is 0 Å². The molecule has 0 spiro atoms. The Morgan fingerprint density at radius 3 is 2.52 bits per heavy atom. The Morgan fingerprint density at radius 1 is 1.10 bits per heavy atom. The monoisotopic (exact) mass is 403 g/mol. The van der Waals surface area contributed by atoms with Crippen molar-refractivity contribution in [2.75, 3.05) is 52.9 Å². The van der Waals surface area contributed by atoms with Gasteiger partial charge in [0.1, 0.15) is 6.61 Å². The molecule has 1 N–H and O–H groups in total. The highest BCUT2D eigenvalue weighted by Gasteiger charge is 2.35. The second-order valence-electron chi connectivity index (χ2n) is 8.21. The number of amides is 1. The molecule has 160 valence electrons. The molecular weight excluding hydrogens is 370 g/mol. The molecule has 1 amide bonds. The van der Waals surface area contributed by atoms with E-state index in [9.17, 15) is 9.59 Å². The third-order valence-electron chi connectivity index (χ3n) is 6.12. The molecule has 0 unspecified atom stereocenters. The van der Waals surface area contributed by atoms with Gasteiger partial charge in [0.2, 0.25) is 5.91 Å². The summed E-state index contributed by atoms with van der Waals surface area (Å²) >= 11 is 0. The number of hydrogen-bond acceptors (Lipinski definition) is 5. The van der Waals surface area contributed by atoms with E-state index in [0.717, 1.165) is 38.2 Å². The van der Waals surface area contributed by atoms with Gasteiger partial charge in [0, 0.05) is 51.7 Å². The van der Waals surface area contributed by atoms with Gasteiger partial charge in [0.25, 0.3) is 0 Å². The van der Waals surface area contributed by atoms with Crippen molar-refractivity contribution < 1.29 is 19.4 Å². The number of likely N-dealkylation sites (N-methyl/N-ethyl adjacent to an activating group) is 1. The van der Waals surface area contributed by atoms with Gasteiger partial charge >= 0.3 is 5.97 Å². The molecule has 1 aromatic rings. The maximum Gasteiger partial charge on any atom is 0.303 e. The molecule has 2 heterocycles. The number of piperazine rings is 1. The van der Waals surface area contributed by atoms with Crippen LogP contribution in [0.15, 0.2) is 30.3 Å². The van der Waals surface area contributed by atoms with E-state index in [-0.39, 0.29) is 24.9 Å². The summed E-state index contributed by atoms with van der Waals surface area (Å²) in [6, 6.07) is 10.2. The van der Waals surface area contributed by atoms with E-state index in [2.05, 4.69) is 16.8 Å². The van der Waals surface area contributed by atoms with E-state index in [1.54, 1.807) is 0 Å². The standard InChI is InChI=1S/C22H33N3O4/c1-23-11-13-24(14-12-23)20-9-10-25(15-19(20)7-8-22(27)28)21(26)17-29-16-18-5-3-2-4-6-18/h2-6,19-20H,7-17H2,1H3,(H,27,28)/t19-,20+/m1/s1. The van der Waals surface area contributed by atoms with Crippen LogP contribution < -0.4 is 0 Å². The number of carboxylic acid groups (broad SMARTS) is 1. The number of rotatable bonds is 8. The number of nitrogens with zero attached hydrogens (tertiary/aromatic N) is 3. The molecule has 7 nitrogen and oxygen atoms in total. The average Bonchev–Trinajstić information content (AvgIpc) is 2.73. The SMILES string of the molecule is CN1CCN([C@H]2CCN(C(=O)COCc3ccccc3)C[C@H]2CCC(=O)O)CC1. The predicted molar refractivity (Wildman–Crippen MR) is 111 cm³/mol. The van der Waals surface area contributed by atoms with Gasteiger partial charge in [-0.2, -0.15) is 0 Å². The number of piperidine rings is 1. The Kier molecular flexibility index (Phi) is 8.03. The first-order valence-corrected chi connectivity index (χ1v) is 10.6. The van der Waals surface area contributed by atoms with Crippen molar-refractivity contribution in [2.24, 2.45) is 5.92 Å². The predicted octanol–water partition coefficient (Wildman–Crippen LogP) is 1.53. The molecule has 0 bridgehead atoms. The highest BCUT2D eigenvalue weighted by molar-refractivity contribution is 5.77. The van der Waals surface area contributed by atoms with E-state index in [4.69, 9.17) is 9.84 Å². The van der Waals surface area contributed by atoms with Crippen LogP contribution in [0.5, 0.6) is 0 Å². The first-order chi connectivity index (χ1) is 14.0. The molecular formula is C22H33N3O4. The number of carbonyl (C=O) groups is 2. The van der Waals surface area contributed by atoms with Gasteiger partial charge in [-0.1, -0.05) is 30.3 Å². The summed E-state index contributed by atoms with van der Waals surface area (Å²) in [5.74, 6) is -0.573. The second kappa shape index (κ2) is 10.7. The van der Waals surface area contributed by atoms with Crippen LogP contribution in [0.2, 0.25) is 0 Å². The number of carboxylic acids is 1. The highest BCUT2D eigenvalue weighted by Crippen LogP contribution is 2.27. The summed E-state index contributed by atoms with van der Waals surface area (Å²) in [4.78, 5) is 30.5. The largest absolute Gasteiger partial charge is 0.481 e. The molecule has 2 atom stereocenters. The van der Waals surface area contributed by atoms with E-state index in [1.165, 1.54) is 0 Å². The Hall–Kier alpha value is -1.96. The van der Waals surface area contributed by atoms with Gasteiger partial charge < -0.3 is 19.6 Å². The maximum absolute atomic E-state index is 12.7. The fourth-order valence-corrected chi connectivity index (χ4v) is 4.39. The Bertz CT molecular complexity index is 661. The van der Waals surface area contributed by atoms with Crippen molar-refractivity contribution in [3.8, 4) is 0 Å². The number of aliphatic carboxylic acids is 1. The van der Waals surface area contributed by atoms with Crippen molar-refractivity contribution in [3.63, 3.8) is 0 Å². The minimum Gasteiger partial charge on any atom is -0.481 e. The normalized spacial score (nSPS) is 23.8. The lowest BCUT2D eigenvalue weighted by Gasteiger charge is -2.46. The van der Waals surface area contributed by atoms with Crippen molar-refractivity contribution in [3.05, 3.63) is 35.9 Å². The van der Waals surface area contributed by atoms with Gasteiger partial charge in [-0.25, -0.2) is 0 Å². The highest BCUT2D eigenvalue weighted by atomic mass is 16.5. The Morgan fingerprint density at radius 2 is 1.83 bits per heavy atom. The number of likely N-dealkylation sites (tertiary alicyclic amines) is 1. The lowest BCUT2D eigenvalue weighted by Crippen LogP contribution is -2.57. The topological polar surface area (TPSA) is 73.3 Å². The lowest BCUT2D eigenvalue weighted by atomic mass is 9.86. The fraction of sp³-hybridized carbons (Fsp3) is 0.636. The Labute approximate surface area is 173 Å². The van der Waals surface area contributed by atoms with Crippen LogP contribution in [-0.2, 0) is 20.9 Å².